The predicted octanol–water partition coefficient (Wildman–Crippen LogP) is 1.83. The van der Waals surface area contributed by atoms with Crippen LogP contribution in [0.5, 0.6) is 0 Å². The second-order valence-electron chi connectivity index (χ2n) is 5.11. The van der Waals surface area contributed by atoms with Crippen LogP contribution in [0.25, 0.3) is 0 Å². The summed E-state index contributed by atoms with van der Waals surface area (Å²) in [6, 6.07) is 3.70. The topological polar surface area (TPSA) is 37.9 Å². The van der Waals surface area contributed by atoms with Crippen LogP contribution in [0.15, 0.2) is 29.7 Å². The van der Waals surface area contributed by atoms with Crippen LogP contribution in [0.3, 0.4) is 0 Å². The van der Waals surface area contributed by atoms with Crippen LogP contribution in [0, 0.1) is 0 Å². The van der Waals surface area contributed by atoms with Crippen LogP contribution < -0.4 is 9.57 Å². The molecule has 0 N–H and O–H groups in total. The number of hydrogen-bond donors (Lipinski definition) is 0. The molecule has 6 heteroatoms. The Hall–Kier alpha value is -1.33. The van der Waals surface area contributed by atoms with Gasteiger partial charge in [0.15, 0.2) is 5.17 Å². The quantitative estimate of drug-likeness (QED) is 0.334. The number of pyridine rings is 1. The molecule has 1 aromatic heterocycles. The summed E-state index contributed by atoms with van der Waals surface area (Å²) in [4.78, 5) is 12.8. The lowest BCUT2D eigenvalue weighted by Gasteiger charge is -2.25. The van der Waals surface area contributed by atoms with Gasteiger partial charge in [0.1, 0.15) is 13.7 Å². The lowest BCUT2D eigenvalue weighted by Crippen LogP contribution is -2.40. The number of oxime groups is 1. The summed E-state index contributed by atoms with van der Waals surface area (Å²) in [6.45, 7) is 4.09. The van der Waals surface area contributed by atoms with Crippen molar-refractivity contribution in [2.75, 3.05) is 33.4 Å². The molecule has 116 valence electrons. The van der Waals surface area contributed by atoms with Crippen molar-refractivity contribution in [1.82, 2.24) is 4.90 Å². The molecule has 2 rings (SSSR count). The molecule has 0 saturated carbocycles. The molecule has 2 heterocycles. The Morgan fingerprint density at radius 2 is 2.19 bits per heavy atom. The first-order valence-electron chi connectivity index (χ1n) is 7.43. The molecule has 1 aromatic rings. The van der Waals surface area contributed by atoms with Gasteiger partial charge in [-0.05, 0) is 38.4 Å². The highest BCUT2D eigenvalue weighted by Gasteiger charge is 2.10. The van der Waals surface area contributed by atoms with E-state index in [1.54, 1.807) is 24.2 Å². The van der Waals surface area contributed by atoms with Crippen molar-refractivity contribution in [3.05, 3.63) is 30.1 Å². The lowest BCUT2D eigenvalue weighted by atomic mass is 10.1. The molecule has 0 amide bonds. The van der Waals surface area contributed by atoms with Crippen LogP contribution in [0.2, 0.25) is 0 Å². The van der Waals surface area contributed by atoms with E-state index >= 15 is 0 Å². The Kier molecular flexibility index (Phi) is 6.76. The molecule has 0 radical (unpaired) electrons. The van der Waals surface area contributed by atoms with Gasteiger partial charge in [-0.15, -0.1) is 0 Å². The first kappa shape index (κ1) is 16.0. The minimum atomic E-state index is 0.333. The summed E-state index contributed by atoms with van der Waals surface area (Å²) in [5.74, 6) is 0. The van der Waals surface area contributed by atoms with Crippen LogP contribution in [-0.4, -0.2) is 43.4 Å². The zero-order valence-corrected chi connectivity index (χ0v) is 13.3. The smallest absolute Gasteiger partial charge is 0.232 e. The maximum Gasteiger partial charge on any atom is 0.232 e. The maximum absolute atomic E-state index is 6.11. The van der Waals surface area contributed by atoms with Crippen LogP contribution in [0.4, 0.5) is 0 Å². The molecule has 1 fully saturated rings. The average molecular weight is 313 g/mol. The average Bonchev–Trinajstić information content (AvgIpc) is 2.55. The van der Waals surface area contributed by atoms with Gasteiger partial charge in [-0.2, -0.15) is 0 Å². The number of likely N-dealkylation sites (tertiary alicyclic amines) is 1. The lowest BCUT2D eigenvalue weighted by molar-refractivity contribution is -0.885. The molecule has 0 spiro atoms. The van der Waals surface area contributed by atoms with Crippen molar-refractivity contribution < 1.29 is 14.4 Å². The van der Waals surface area contributed by atoms with Crippen molar-refractivity contribution in [3.8, 4) is 0 Å². The van der Waals surface area contributed by atoms with Crippen LogP contribution in [0.1, 0.15) is 31.2 Å². The monoisotopic (exact) mass is 312 g/mol. The van der Waals surface area contributed by atoms with Crippen molar-refractivity contribution in [1.29, 1.82) is 0 Å². The van der Waals surface area contributed by atoms with E-state index in [2.05, 4.69) is 10.1 Å². The Balaban J connectivity index is 1.70. The summed E-state index contributed by atoms with van der Waals surface area (Å²) in [7, 11) is 1.59. The molecule has 1 saturated heterocycles. The van der Waals surface area contributed by atoms with E-state index in [1.165, 1.54) is 32.4 Å². The normalized spacial score (nSPS) is 16.8. The van der Waals surface area contributed by atoms with Crippen molar-refractivity contribution in [3.63, 3.8) is 0 Å². The van der Waals surface area contributed by atoms with Gasteiger partial charge in [-0.25, -0.2) is 0 Å². The SMILES string of the molecule is CO[n+]1cccc(/C(Cl)=N/OCCCN2CCCCC2)c1. The zero-order valence-electron chi connectivity index (χ0n) is 12.5. The number of aromatic nitrogens is 1. The molecule has 0 bridgehead atoms. The maximum atomic E-state index is 6.11. The fourth-order valence-corrected chi connectivity index (χ4v) is 2.54. The molecule has 0 aliphatic carbocycles. The third kappa shape index (κ3) is 5.52. The largest absolute Gasteiger partial charge is 0.395 e. The van der Waals surface area contributed by atoms with E-state index in [-0.39, 0.29) is 0 Å². The summed E-state index contributed by atoms with van der Waals surface area (Å²) in [5.41, 5.74) is 0.761. The summed E-state index contributed by atoms with van der Waals surface area (Å²) >= 11 is 6.11. The Morgan fingerprint density at radius 3 is 2.95 bits per heavy atom. The van der Waals surface area contributed by atoms with E-state index < -0.39 is 0 Å². The van der Waals surface area contributed by atoms with Crippen molar-refractivity contribution in [2.45, 2.75) is 25.7 Å². The highest BCUT2D eigenvalue weighted by molar-refractivity contribution is 6.69. The highest BCUT2D eigenvalue weighted by atomic mass is 35.5. The third-order valence-corrected chi connectivity index (χ3v) is 3.81. The molecule has 5 nitrogen and oxygen atoms in total. The number of rotatable bonds is 7. The summed E-state index contributed by atoms with van der Waals surface area (Å²) in [5, 5.41) is 4.28. The molecule has 1 aliphatic rings. The number of nitrogens with zero attached hydrogens (tertiary/aromatic N) is 3. The van der Waals surface area contributed by atoms with E-state index in [1.807, 2.05) is 12.1 Å². The highest BCUT2D eigenvalue weighted by Crippen LogP contribution is 2.09. The molecule has 1 aliphatic heterocycles. The Morgan fingerprint density at radius 1 is 1.38 bits per heavy atom. The minimum absolute atomic E-state index is 0.333. The molecule has 0 atom stereocenters. The molecule has 0 unspecified atom stereocenters. The number of halogens is 1. The van der Waals surface area contributed by atoms with Gasteiger partial charge in [0.05, 0.1) is 5.56 Å². The van der Waals surface area contributed by atoms with Gasteiger partial charge in [-0.1, -0.05) is 23.2 Å². The van der Waals surface area contributed by atoms with E-state index in [0.717, 1.165) is 18.5 Å². The van der Waals surface area contributed by atoms with Gasteiger partial charge in [-0.3, -0.25) is 4.84 Å². The standard InChI is InChI=1S/C15H23ClN3O2/c1-20-19-11-5-7-14(13-19)15(16)17-21-12-6-10-18-8-3-2-4-9-18/h5,7,11,13H,2-4,6,8-10,12H2,1H3/q+1/b17-15-. The fraction of sp³-hybridized carbons (Fsp3) is 0.600. The second-order valence-corrected chi connectivity index (χ2v) is 5.46. The van der Waals surface area contributed by atoms with E-state index in [4.69, 9.17) is 21.3 Å². The Labute approximate surface area is 131 Å². The molecular formula is C15H23ClN3O2+. The van der Waals surface area contributed by atoms with Crippen LogP contribution >= 0.6 is 11.6 Å². The van der Waals surface area contributed by atoms with Crippen molar-refractivity contribution >= 4 is 16.8 Å². The number of hydrogen-bond acceptors (Lipinski definition) is 4. The van der Waals surface area contributed by atoms with Gasteiger partial charge in [0, 0.05) is 17.3 Å². The second kappa shape index (κ2) is 8.85. The molecule has 0 aromatic carbocycles. The third-order valence-electron chi connectivity index (χ3n) is 3.53. The Bertz CT molecular complexity index is 462. The first-order valence-corrected chi connectivity index (χ1v) is 7.81. The van der Waals surface area contributed by atoms with Gasteiger partial charge >= 0.3 is 0 Å². The zero-order chi connectivity index (χ0) is 14.9. The van der Waals surface area contributed by atoms with E-state index in [0.29, 0.717) is 11.8 Å². The summed E-state index contributed by atoms with van der Waals surface area (Å²) < 4.78 is 1.56. The van der Waals surface area contributed by atoms with Gasteiger partial charge < -0.3 is 9.74 Å². The predicted molar refractivity (Wildman–Crippen MR) is 82.4 cm³/mol. The fourth-order valence-electron chi connectivity index (χ4n) is 2.38. The first-order chi connectivity index (χ1) is 10.3. The van der Waals surface area contributed by atoms with Gasteiger partial charge in [0.25, 0.3) is 0 Å². The van der Waals surface area contributed by atoms with E-state index in [9.17, 15) is 0 Å². The molecular weight excluding hydrogens is 290 g/mol. The molecule has 21 heavy (non-hydrogen) atoms. The van der Waals surface area contributed by atoms with Crippen LogP contribution in [-0.2, 0) is 4.84 Å². The number of piperidine rings is 1. The summed E-state index contributed by atoms with van der Waals surface area (Å²) in [6.07, 6.45) is 8.51. The van der Waals surface area contributed by atoms with Crippen molar-refractivity contribution in [2.24, 2.45) is 5.16 Å². The van der Waals surface area contributed by atoms with Gasteiger partial charge in [0.2, 0.25) is 12.4 Å². The minimum Gasteiger partial charge on any atom is -0.395 e.